The fraction of sp³-hybridized carbons (Fsp3) is 0.211. The molecule has 5 N–H and O–H groups in total. The van der Waals surface area contributed by atoms with Gasteiger partial charge in [0.05, 0.1) is 6.20 Å². The molecule has 0 saturated carbocycles. The molecule has 1 heterocycles. The molecule has 0 spiro atoms. The maximum absolute atomic E-state index is 13.1. The van der Waals surface area contributed by atoms with Crippen molar-refractivity contribution < 1.29 is 28.0 Å². The molecule has 1 unspecified atom stereocenters. The Morgan fingerprint density at radius 2 is 1.90 bits per heavy atom. The summed E-state index contributed by atoms with van der Waals surface area (Å²) in [5.41, 5.74) is 4.88. The highest BCUT2D eigenvalue weighted by atomic mass is 19.3. The minimum Gasteiger partial charge on any atom is -0.435 e. The van der Waals surface area contributed by atoms with Gasteiger partial charge in [0, 0.05) is 11.1 Å². The Balaban J connectivity index is 2.10. The van der Waals surface area contributed by atoms with Gasteiger partial charge in [-0.2, -0.15) is 0 Å². The lowest BCUT2D eigenvalue weighted by atomic mass is 9.92. The van der Waals surface area contributed by atoms with Crippen molar-refractivity contribution in [3.8, 4) is 23.7 Å². The molecule has 29 heavy (non-hydrogen) atoms. The number of carbonyl (C=O) groups is 2. The predicted octanol–water partition coefficient (Wildman–Crippen LogP) is 0.664. The second kappa shape index (κ2) is 9.46. The van der Waals surface area contributed by atoms with E-state index in [1.165, 1.54) is 42.3 Å². The number of hydrogen-bond donors (Lipinski definition) is 4. The molecule has 2 aromatic rings. The maximum Gasteiger partial charge on any atom is 0.268 e. The zero-order valence-electron chi connectivity index (χ0n) is 15.1. The van der Waals surface area contributed by atoms with Crippen LogP contribution in [0.1, 0.15) is 28.6 Å². The highest BCUT2D eigenvalue weighted by Crippen LogP contribution is 2.18. The summed E-state index contributed by atoms with van der Waals surface area (Å²) in [4.78, 5) is 27.7. The summed E-state index contributed by atoms with van der Waals surface area (Å²) in [5, 5.41) is 10.8. The van der Waals surface area contributed by atoms with Crippen molar-refractivity contribution in [2.75, 3.05) is 0 Å². The van der Waals surface area contributed by atoms with E-state index in [0.717, 1.165) is 6.92 Å². The van der Waals surface area contributed by atoms with E-state index in [1.54, 1.807) is 0 Å². The van der Waals surface area contributed by atoms with E-state index in [9.17, 15) is 18.4 Å². The summed E-state index contributed by atoms with van der Waals surface area (Å²) in [6.45, 7) is 0.885. The van der Waals surface area contributed by atoms with Crippen LogP contribution in [0.3, 0.4) is 0 Å². The molecule has 10 heteroatoms. The number of hydrogen-bond acceptors (Lipinski definition) is 6. The van der Waals surface area contributed by atoms with Gasteiger partial charge in [0.25, 0.3) is 18.2 Å². The van der Waals surface area contributed by atoms with Crippen molar-refractivity contribution in [2.45, 2.75) is 24.9 Å². The molecule has 0 aliphatic carbocycles. The predicted molar refractivity (Wildman–Crippen MR) is 96.5 cm³/mol. The van der Waals surface area contributed by atoms with Crippen molar-refractivity contribution in [3.05, 3.63) is 53.7 Å². The average molecular weight is 402 g/mol. The van der Waals surface area contributed by atoms with Crippen molar-refractivity contribution in [2.24, 2.45) is 5.73 Å². The standard InChI is InChI=1S/C19H16F2N4O4/c1-19(22,18(20)21)15(17(27)25-28)24-16(26)13-8-6-12(7-9-13)4-2-3-5-14-10-23-11-29-14/h6-11,15,18,28H,22H2,1H3,(H,24,26)(H,25,27)/t15-,19?/m1/s1. The van der Waals surface area contributed by atoms with Crippen LogP contribution in [-0.2, 0) is 4.79 Å². The number of aromatic nitrogens is 1. The van der Waals surface area contributed by atoms with Gasteiger partial charge < -0.3 is 15.5 Å². The third-order valence-electron chi connectivity index (χ3n) is 3.77. The molecule has 0 aliphatic rings. The lowest BCUT2D eigenvalue weighted by Crippen LogP contribution is -2.66. The summed E-state index contributed by atoms with van der Waals surface area (Å²) >= 11 is 0. The first-order chi connectivity index (χ1) is 13.8. The number of hydroxylamine groups is 1. The number of oxazole rings is 1. The zero-order chi connectivity index (χ0) is 21.4. The van der Waals surface area contributed by atoms with Crippen LogP contribution in [0.25, 0.3) is 0 Å². The molecule has 0 aliphatic heterocycles. The molecule has 0 bridgehead atoms. The highest BCUT2D eigenvalue weighted by molar-refractivity contribution is 5.98. The molecule has 1 aromatic heterocycles. The molecule has 0 fully saturated rings. The van der Waals surface area contributed by atoms with Crippen LogP contribution in [0.4, 0.5) is 8.78 Å². The van der Waals surface area contributed by atoms with Crippen molar-refractivity contribution in [3.63, 3.8) is 0 Å². The smallest absolute Gasteiger partial charge is 0.268 e. The molecule has 150 valence electrons. The Kier molecular flexibility index (Phi) is 7.04. The van der Waals surface area contributed by atoms with Crippen LogP contribution in [0.2, 0.25) is 0 Å². The van der Waals surface area contributed by atoms with E-state index >= 15 is 0 Å². The van der Waals surface area contributed by atoms with Crippen molar-refractivity contribution in [1.82, 2.24) is 15.8 Å². The molecule has 8 nitrogen and oxygen atoms in total. The number of amides is 2. The first-order valence-electron chi connectivity index (χ1n) is 8.08. The Labute approximate surface area is 164 Å². The Morgan fingerprint density at radius 3 is 2.45 bits per heavy atom. The van der Waals surface area contributed by atoms with Crippen LogP contribution in [0.15, 0.2) is 41.3 Å². The van der Waals surface area contributed by atoms with Gasteiger partial charge in [-0.05, 0) is 49.0 Å². The molecule has 2 atom stereocenters. The molecule has 2 rings (SSSR count). The first-order valence-corrected chi connectivity index (χ1v) is 8.08. The maximum atomic E-state index is 13.1. The first kappa shape index (κ1) is 21.6. The van der Waals surface area contributed by atoms with Crippen LogP contribution < -0.4 is 16.5 Å². The number of nitrogens with zero attached hydrogens (tertiary/aromatic N) is 1. The summed E-state index contributed by atoms with van der Waals surface area (Å²) in [7, 11) is 0. The number of benzene rings is 1. The highest BCUT2D eigenvalue weighted by Gasteiger charge is 2.44. The third kappa shape index (κ3) is 5.62. The summed E-state index contributed by atoms with van der Waals surface area (Å²) in [6, 6.07) is 3.91. The average Bonchev–Trinajstić information content (AvgIpc) is 3.22. The fourth-order valence-electron chi connectivity index (χ4n) is 2.09. The van der Waals surface area contributed by atoms with E-state index < -0.39 is 29.8 Å². The van der Waals surface area contributed by atoms with Crippen LogP contribution in [0, 0.1) is 23.7 Å². The van der Waals surface area contributed by atoms with E-state index in [-0.39, 0.29) is 5.56 Å². The number of nitrogens with one attached hydrogen (secondary N) is 2. The summed E-state index contributed by atoms with van der Waals surface area (Å²) in [5.74, 6) is 8.81. The van der Waals surface area contributed by atoms with Gasteiger partial charge in [-0.25, -0.2) is 19.2 Å². The molecule has 2 amide bonds. The lowest BCUT2D eigenvalue weighted by Gasteiger charge is -2.32. The van der Waals surface area contributed by atoms with Gasteiger partial charge in [-0.15, -0.1) is 0 Å². The molecular formula is C19H16F2N4O4. The van der Waals surface area contributed by atoms with Crippen LogP contribution in [-0.4, -0.2) is 40.0 Å². The molecule has 0 radical (unpaired) electrons. The van der Waals surface area contributed by atoms with Gasteiger partial charge in [0.2, 0.25) is 0 Å². The summed E-state index contributed by atoms with van der Waals surface area (Å²) in [6.07, 6.45) is -0.460. The van der Waals surface area contributed by atoms with Gasteiger partial charge in [0.1, 0.15) is 11.6 Å². The van der Waals surface area contributed by atoms with Gasteiger partial charge in [-0.3, -0.25) is 14.8 Å². The van der Waals surface area contributed by atoms with Gasteiger partial charge in [-0.1, -0.05) is 5.92 Å². The largest absolute Gasteiger partial charge is 0.435 e. The second-order valence-electron chi connectivity index (χ2n) is 5.99. The number of halogens is 2. The quantitative estimate of drug-likeness (QED) is 0.330. The Bertz CT molecular complexity index is 981. The molecular weight excluding hydrogens is 386 g/mol. The molecule has 0 saturated heterocycles. The SMILES string of the molecule is CC(N)(C(F)F)[C@H](NC(=O)c1ccc(C#CC#Cc2cnco2)cc1)C(=O)NO. The van der Waals surface area contributed by atoms with E-state index in [4.69, 9.17) is 15.4 Å². The lowest BCUT2D eigenvalue weighted by molar-refractivity contribution is -0.134. The van der Waals surface area contributed by atoms with Crippen LogP contribution in [0.5, 0.6) is 0 Å². The normalized spacial score (nSPS) is 13.2. The van der Waals surface area contributed by atoms with Gasteiger partial charge >= 0.3 is 0 Å². The number of carbonyl (C=O) groups excluding carboxylic acids is 2. The second-order valence-corrected chi connectivity index (χ2v) is 5.99. The third-order valence-corrected chi connectivity index (χ3v) is 3.77. The number of alkyl halides is 2. The van der Waals surface area contributed by atoms with E-state index in [1.807, 2.05) is 0 Å². The minimum atomic E-state index is -3.14. The topological polar surface area (TPSA) is 130 Å². The molecule has 1 aromatic carbocycles. The summed E-state index contributed by atoms with van der Waals surface area (Å²) < 4.78 is 31.2. The van der Waals surface area contributed by atoms with Gasteiger partial charge in [0.15, 0.2) is 12.2 Å². The minimum absolute atomic E-state index is 0.0732. The van der Waals surface area contributed by atoms with Crippen LogP contribution >= 0.6 is 0 Å². The van der Waals surface area contributed by atoms with E-state index in [2.05, 4.69) is 34.0 Å². The zero-order valence-corrected chi connectivity index (χ0v) is 15.1. The number of nitrogens with two attached hydrogens (primary N) is 1. The fourth-order valence-corrected chi connectivity index (χ4v) is 2.09. The number of rotatable bonds is 5. The van der Waals surface area contributed by atoms with Crippen molar-refractivity contribution >= 4 is 11.8 Å². The Hall–Kier alpha value is -3.73. The monoisotopic (exact) mass is 402 g/mol. The van der Waals surface area contributed by atoms with E-state index in [0.29, 0.717) is 11.3 Å². The van der Waals surface area contributed by atoms with Crippen molar-refractivity contribution in [1.29, 1.82) is 0 Å². The Morgan fingerprint density at radius 1 is 1.24 bits per heavy atom.